The zero-order chi connectivity index (χ0) is 27.7. The SMILES string of the molecule is CC(=O)c1sc(N2C(=O)C(=O)/C(=C(/O)c3ccc(OCc4cccc(C)c4)cc3)[C@H]2c2ccccc2)nc1C. The Labute approximate surface area is 230 Å². The third-order valence-corrected chi connectivity index (χ3v) is 7.74. The zero-order valence-corrected chi connectivity index (χ0v) is 22.5. The zero-order valence-electron chi connectivity index (χ0n) is 21.7. The number of ether oxygens (including phenoxy) is 1. The molecule has 4 aromatic rings. The molecule has 1 aromatic heterocycles. The molecule has 1 atom stereocenters. The van der Waals surface area contributed by atoms with Crippen LogP contribution in [0, 0.1) is 13.8 Å². The predicted octanol–water partition coefficient (Wildman–Crippen LogP) is 6.17. The fraction of sp³-hybridized carbons (Fsp3) is 0.161. The molecule has 0 bridgehead atoms. The molecule has 1 saturated heterocycles. The summed E-state index contributed by atoms with van der Waals surface area (Å²) in [6.07, 6.45) is 0. The highest BCUT2D eigenvalue weighted by Crippen LogP contribution is 2.43. The maximum absolute atomic E-state index is 13.3. The second kappa shape index (κ2) is 10.7. The van der Waals surface area contributed by atoms with Crippen LogP contribution in [0.5, 0.6) is 5.75 Å². The van der Waals surface area contributed by atoms with Crippen molar-refractivity contribution in [3.8, 4) is 5.75 Å². The summed E-state index contributed by atoms with van der Waals surface area (Å²) in [7, 11) is 0. The second-order valence-corrected chi connectivity index (χ2v) is 10.3. The fourth-order valence-corrected chi connectivity index (χ4v) is 5.61. The largest absolute Gasteiger partial charge is 0.507 e. The van der Waals surface area contributed by atoms with Crippen molar-refractivity contribution in [2.45, 2.75) is 33.4 Å². The van der Waals surface area contributed by atoms with Crippen molar-refractivity contribution in [2.24, 2.45) is 0 Å². The summed E-state index contributed by atoms with van der Waals surface area (Å²) in [5.41, 5.74) is 3.63. The Morgan fingerprint density at radius 2 is 1.72 bits per heavy atom. The Hall–Kier alpha value is -4.56. The van der Waals surface area contributed by atoms with Crippen molar-refractivity contribution in [3.63, 3.8) is 0 Å². The Bertz CT molecular complexity index is 1610. The molecule has 1 aliphatic heterocycles. The van der Waals surface area contributed by atoms with E-state index in [0.29, 0.717) is 34.1 Å². The van der Waals surface area contributed by atoms with Gasteiger partial charge in [-0.1, -0.05) is 71.5 Å². The summed E-state index contributed by atoms with van der Waals surface area (Å²) in [6.45, 7) is 5.53. The smallest absolute Gasteiger partial charge is 0.301 e. The van der Waals surface area contributed by atoms with Gasteiger partial charge in [0, 0.05) is 12.5 Å². The van der Waals surface area contributed by atoms with Crippen LogP contribution in [-0.2, 0) is 16.2 Å². The number of carbonyl (C=O) groups is 3. The first-order valence-electron chi connectivity index (χ1n) is 12.4. The molecule has 1 aliphatic rings. The number of carbonyl (C=O) groups excluding carboxylic acids is 3. The van der Waals surface area contributed by atoms with E-state index in [9.17, 15) is 19.5 Å². The minimum absolute atomic E-state index is 0.0446. The van der Waals surface area contributed by atoms with Crippen molar-refractivity contribution in [3.05, 3.63) is 117 Å². The molecule has 0 radical (unpaired) electrons. The van der Waals surface area contributed by atoms with Gasteiger partial charge in [-0.25, -0.2) is 4.98 Å². The van der Waals surface area contributed by atoms with Gasteiger partial charge in [0.25, 0.3) is 5.78 Å². The van der Waals surface area contributed by atoms with Crippen LogP contribution >= 0.6 is 11.3 Å². The van der Waals surface area contributed by atoms with E-state index in [2.05, 4.69) is 4.98 Å². The van der Waals surface area contributed by atoms with Gasteiger partial charge in [0.05, 0.1) is 22.2 Å². The first-order valence-corrected chi connectivity index (χ1v) is 13.2. The van der Waals surface area contributed by atoms with E-state index in [0.717, 1.165) is 22.5 Å². The molecule has 2 heterocycles. The van der Waals surface area contributed by atoms with Crippen molar-refractivity contribution in [1.29, 1.82) is 0 Å². The monoisotopic (exact) mass is 538 g/mol. The number of benzene rings is 3. The Kier molecular flexibility index (Phi) is 7.13. The van der Waals surface area contributed by atoms with E-state index in [1.807, 2.05) is 37.3 Å². The van der Waals surface area contributed by atoms with Gasteiger partial charge < -0.3 is 9.84 Å². The van der Waals surface area contributed by atoms with Crippen molar-refractivity contribution < 1.29 is 24.2 Å². The molecule has 1 amide bonds. The number of Topliss-reactive ketones (excluding diaryl/α,β-unsaturated/α-hetero) is 2. The summed E-state index contributed by atoms with van der Waals surface area (Å²) < 4.78 is 5.88. The van der Waals surface area contributed by atoms with Gasteiger partial charge in [-0.15, -0.1) is 0 Å². The van der Waals surface area contributed by atoms with Gasteiger partial charge >= 0.3 is 5.91 Å². The van der Waals surface area contributed by atoms with E-state index in [-0.39, 0.29) is 22.2 Å². The number of nitrogens with zero attached hydrogens (tertiary/aromatic N) is 2. The lowest BCUT2D eigenvalue weighted by molar-refractivity contribution is -0.132. The lowest BCUT2D eigenvalue weighted by atomic mass is 9.95. The molecule has 0 saturated carbocycles. The third-order valence-electron chi connectivity index (χ3n) is 6.49. The maximum Gasteiger partial charge on any atom is 0.301 e. The van der Waals surface area contributed by atoms with Crippen LogP contribution in [0.1, 0.15) is 50.6 Å². The summed E-state index contributed by atoms with van der Waals surface area (Å²) >= 11 is 1.06. The second-order valence-electron chi connectivity index (χ2n) is 9.35. The predicted molar refractivity (Wildman–Crippen MR) is 150 cm³/mol. The number of aromatic nitrogens is 1. The first kappa shape index (κ1) is 26.1. The molecule has 3 aromatic carbocycles. The van der Waals surface area contributed by atoms with Crippen molar-refractivity contribution in [2.75, 3.05) is 4.90 Å². The summed E-state index contributed by atoms with van der Waals surface area (Å²) in [6, 6.07) is 22.8. The fourth-order valence-electron chi connectivity index (χ4n) is 4.63. The number of anilines is 1. The van der Waals surface area contributed by atoms with Crippen LogP contribution in [0.3, 0.4) is 0 Å². The number of amides is 1. The van der Waals surface area contributed by atoms with Crippen molar-refractivity contribution in [1.82, 2.24) is 4.98 Å². The molecule has 1 fully saturated rings. The van der Waals surface area contributed by atoms with Gasteiger partial charge in [-0.3, -0.25) is 19.3 Å². The molecule has 196 valence electrons. The number of aliphatic hydroxyl groups excluding tert-OH is 1. The molecule has 8 heteroatoms. The Balaban J connectivity index is 1.51. The molecule has 5 rings (SSSR count). The number of hydrogen-bond acceptors (Lipinski definition) is 7. The minimum Gasteiger partial charge on any atom is -0.507 e. The van der Waals surface area contributed by atoms with Crippen LogP contribution < -0.4 is 9.64 Å². The number of rotatable bonds is 7. The van der Waals surface area contributed by atoms with Crippen LogP contribution in [-0.4, -0.2) is 27.6 Å². The minimum atomic E-state index is -0.909. The molecular formula is C31H26N2O5S. The molecule has 0 unspecified atom stereocenters. The van der Waals surface area contributed by atoms with Crippen LogP contribution in [0.15, 0.2) is 84.4 Å². The molecule has 0 spiro atoms. The van der Waals surface area contributed by atoms with Gasteiger partial charge in [0.15, 0.2) is 10.9 Å². The van der Waals surface area contributed by atoms with Crippen molar-refractivity contribution >= 4 is 39.7 Å². The highest BCUT2D eigenvalue weighted by molar-refractivity contribution is 7.18. The Morgan fingerprint density at radius 3 is 2.36 bits per heavy atom. The number of aryl methyl sites for hydroxylation is 2. The number of ketones is 2. The average Bonchev–Trinajstić information content (AvgIpc) is 3.44. The van der Waals surface area contributed by atoms with Gasteiger partial charge in [-0.2, -0.15) is 0 Å². The molecule has 7 nitrogen and oxygen atoms in total. The molecule has 0 aliphatic carbocycles. The normalized spacial score (nSPS) is 16.5. The van der Waals surface area contributed by atoms with Gasteiger partial charge in [0.2, 0.25) is 0 Å². The topological polar surface area (TPSA) is 96.8 Å². The van der Waals surface area contributed by atoms with E-state index >= 15 is 0 Å². The maximum atomic E-state index is 13.3. The highest BCUT2D eigenvalue weighted by Gasteiger charge is 2.48. The number of aliphatic hydroxyl groups is 1. The van der Waals surface area contributed by atoms with Crippen LogP contribution in [0.4, 0.5) is 5.13 Å². The molecule has 1 N–H and O–H groups in total. The standard InChI is InChI=1S/C31H26N2O5S/c1-18-8-7-9-21(16-18)17-38-24-14-12-23(13-15-24)27(35)25-26(22-10-5-4-6-11-22)33(30(37)28(25)36)31-32-19(2)29(39-31)20(3)34/h4-16,26,35H,17H2,1-3H3/b27-25+/t26-/m1/s1. The molecule has 39 heavy (non-hydrogen) atoms. The third kappa shape index (κ3) is 5.11. The van der Waals surface area contributed by atoms with Gasteiger partial charge in [0.1, 0.15) is 18.1 Å². The highest BCUT2D eigenvalue weighted by atomic mass is 32.1. The average molecular weight is 539 g/mol. The lowest BCUT2D eigenvalue weighted by Gasteiger charge is -2.23. The first-order chi connectivity index (χ1) is 18.7. The Morgan fingerprint density at radius 1 is 1.00 bits per heavy atom. The van der Waals surface area contributed by atoms with E-state index in [1.54, 1.807) is 55.5 Å². The summed E-state index contributed by atoms with van der Waals surface area (Å²) in [5.74, 6) is -1.50. The summed E-state index contributed by atoms with van der Waals surface area (Å²) in [5, 5.41) is 11.6. The van der Waals surface area contributed by atoms with Crippen LogP contribution in [0.25, 0.3) is 5.76 Å². The van der Waals surface area contributed by atoms with Crippen LogP contribution in [0.2, 0.25) is 0 Å². The lowest BCUT2D eigenvalue weighted by Crippen LogP contribution is -2.29. The molecular weight excluding hydrogens is 512 g/mol. The van der Waals surface area contributed by atoms with Gasteiger partial charge in [-0.05, 0) is 49.2 Å². The number of thiazole rings is 1. The van der Waals surface area contributed by atoms with E-state index in [4.69, 9.17) is 4.74 Å². The quantitative estimate of drug-likeness (QED) is 0.131. The van der Waals surface area contributed by atoms with E-state index < -0.39 is 17.7 Å². The summed E-state index contributed by atoms with van der Waals surface area (Å²) in [4.78, 5) is 44.8. The van der Waals surface area contributed by atoms with E-state index in [1.165, 1.54) is 11.8 Å². The number of hydrogen-bond donors (Lipinski definition) is 1.